The highest BCUT2D eigenvalue weighted by atomic mass is 35.5. The first-order valence-electron chi connectivity index (χ1n) is 4.91. The predicted octanol–water partition coefficient (Wildman–Crippen LogP) is 2.19. The largest absolute Gasteiger partial charge is 0.480 e. The minimum Gasteiger partial charge on any atom is -0.480 e. The Labute approximate surface area is 142 Å². The summed E-state index contributed by atoms with van der Waals surface area (Å²) < 4.78 is 62.4. The maximum atomic E-state index is 12.8. The number of nitrogens with two attached hydrogens (primary N) is 1. The lowest BCUT2D eigenvalue weighted by atomic mass is 10.3. The van der Waals surface area contributed by atoms with Crippen molar-refractivity contribution in [3.63, 3.8) is 0 Å². The topological polar surface area (TPSA) is 109 Å². The number of carboxylic acid groups (broad SMARTS) is 1. The molecular formula is C8H8Cl3F3N2O4S2. The number of hydrogen-bond donors (Lipinski definition) is 3. The molecular weight excluding hydrogens is 416 g/mol. The molecule has 0 spiro atoms. The Morgan fingerprint density at radius 1 is 1.36 bits per heavy atom. The number of nitrogens with one attached hydrogen (secondary N) is 1. The van der Waals surface area contributed by atoms with Gasteiger partial charge in [-0.3, -0.25) is 4.79 Å². The average Bonchev–Trinajstić information content (AvgIpc) is 2.61. The second-order valence-electron chi connectivity index (χ2n) is 3.65. The molecule has 22 heavy (non-hydrogen) atoms. The van der Waals surface area contributed by atoms with E-state index in [0.717, 1.165) is 0 Å². The second-order valence-corrected chi connectivity index (χ2v) is 7.58. The van der Waals surface area contributed by atoms with Crippen LogP contribution in [0.25, 0.3) is 0 Å². The molecule has 0 saturated carbocycles. The van der Waals surface area contributed by atoms with Crippen molar-refractivity contribution in [2.45, 2.75) is 17.1 Å². The van der Waals surface area contributed by atoms with Crippen LogP contribution in [0.5, 0.6) is 0 Å². The van der Waals surface area contributed by atoms with Crippen LogP contribution >= 0.6 is 46.9 Å². The van der Waals surface area contributed by atoms with Crippen LogP contribution in [-0.4, -0.2) is 32.1 Å². The van der Waals surface area contributed by atoms with Gasteiger partial charge in [-0.2, -0.15) is 13.2 Å². The number of aliphatic carboxylic acids is 1. The van der Waals surface area contributed by atoms with Gasteiger partial charge in [0.25, 0.3) is 0 Å². The van der Waals surface area contributed by atoms with E-state index < -0.39 is 53.9 Å². The van der Waals surface area contributed by atoms with Gasteiger partial charge in [0.1, 0.15) is 25.2 Å². The summed E-state index contributed by atoms with van der Waals surface area (Å²) in [6, 6.07) is -1.62. The van der Waals surface area contributed by atoms with Crippen LogP contribution in [0.2, 0.25) is 8.67 Å². The third-order valence-corrected chi connectivity index (χ3v) is 5.49. The first kappa shape index (κ1) is 21.7. The molecule has 0 bridgehead atoms. The zero-order valence-corrected chi connectivity index (χ0v) is 14.1. The van der Waals surface area contributed by atoms with Gasteiger partial charge in [-0.15, -0.1) is 23.7 Å². The zero-order valence-electron chi connectivity index (χ0n) is 10.1. The summed E-state index contributed by atoms with van der Waals surface area (Å²) in [5.74, 6) is -1.52. The molecule has 0 fully saturated rings. The quantitative estimate of drug-likeness (QED) is 0.672. The van der Waals surface area contributed by atoms with Crippen molar-refractivity contribution in [3.8, 4) is 0 Å². The van der Waals surface area contributed by atoms with E-state index >= 15 is 0 Å². The van der Waals surface area contributed by atoms with Gasteiger partial charge in [-0.05, 0) is 0 Å². The third-order valence-electron chi connectivity index (χ3n) is 2.14. The Balaban J connectivity index is 0.00000441. The first-order chi connectivity index (χ1) is 9.38. The summed E-state index contributed by atoms with van der Waals surface area (Å²) >= 11 is 11.1. The molecule has 4 N–H and O–H groups in total. The number of carboxylic acids is 1. The summed E-state index contributed by atoms with van der Waals surface area (Å²) in [4.78, 5) is 9.22. The molecule has 1 aromatic rings. The molecule has 1 rings (SSSR count). The van der Waals surface area contributed by atoms with Gasteiger partial charge in [0.05, 0.1) is 0 Å². The highest BCUT2D eigenvalue weighted by Gasteiger charge is 2.43. The minimum absolute atomic E-state index is 0. The molecule has 0 aliphatic rings. The molecule has 1 atom stereocenters. The second kappa shape index (κ2) is 7.51. The highest BCUT2D eigenvalue weighted by molar-refractivity contribution is 7.89. The summed E-state index contributed by atoms with van der Waals surface area (Å²) in [7, 11) is -4.73. The molecule has 0 aliphatic carbocycles. The van der Waals surface area contributed by atoms with Crippen molar-refractivity contribution in [1.82, 2.24) is 4.72 Å². The number of halogens is 6. The van der Waals surface area contributed by atoms with Crippen molar-refractivity contribution in [2.24, 2.45) is 5.73 Å². The number of carbonyl (C=O) groups is 1. The van der Waals surface area contributed by atoms with E-state index in [2.05, 4.69) is 0 Å². The van der Waals surface area contributed by atoms with Gasteiger partial charge in [0.15, 0.2) is 0 Å². The van der Waals surface area contributed by atoms with Crippen LogP contribution in [0.15, 0.2) is 4.90 Å². The molecule has 0 aliphatic heterocycles. The Morgan fingerprint density at radius 2 is 1.86 bits per heavy atom. The Kier molecular flexibility index (Phi) is 7.41. The van der Waals surface area contributed by atoms with E-state index in [1.54, 1.807) is 4.72 Å². The number of hydrogen-bond acceptors (Lipinski definition) is 5. The maximum absolute atomic E-state index is 12.8. The van der Waals surface area contributed by atoms with Crippen molar-refractivity contribution in [1.29, 1.82) is 0 Å². The number of thiophene rings is 1. The molecule has 1 unspecified atom stereocenters. The monoisotopic (exact) mass is 422 g/mol. The Bertz CT molecular complexity index is 662. The van der Waals surface area contributed by atoms with Gasteiger partial charge in [-0.25, -0.2) is 13.1 Å². The smallest absolute Gasteiger partial charge is 0.420 e. The van der Waals surface area contributed by atoms with E-state index in [0.29, 0.717) is 0 Å². The molecule has 14 heteroatoms. The summed E-state index contributed by atoms with van der Waals surface area (Å²) in [5.41, 5.74) is 3.46. The fraction of sp³-hybridized carbons (Fsp3) is 0.375. The van der Waals surface area contributed by atoms with E-state index in [1.807, 2.05) is 0 Å². The van der Waals surface area contributed by atoms with Crippen LogP contribution in [0.3, 0.4) is 0 Å². The highest BCUT2D eigenvalue weighted by Crippen LogP contribution is 2.47. The molecule has 128 valence electrons. The van der Waals surface area contributed by atoms with Crippen molar-refractivity contribution in [3.05, 3.63) is 14.2 Å². The standard InChI is InChI=1S/C8H7Cl2F3N2O4S2.ClH/c9-5-3(8(11,12)13)4(6(10)20-5)21(18,19)15-1-2(14)7(16)17;/h2,15H,1,14H2,(H,16,17);1H. The summed E-state index contributed by atoms with van der Waals surface area (Å²) in [6.07, 6.45) is -5.04. The van der Waals surface area contributed by atoms with Crippen LogP contribution in [0.4, 0.5) is 13.2 Å². The van der Waals surface area contributed by atoms with Crippen molar-refractivity contribution in [2.75, 3.05) is 6.54 Å². The zero-order chi connectivity index (χ0) is 16.6. The maximum Gasteiger partial charge on any atom is 0.420 e. The van der Waals surface area contributed by atoms with Crippen molar-refractivity contribution < 1.29 is 31.5 Å². The Morgan fingerprint density at radius 3 is 2.27 bits per heavy atom. The van der Waals surface area contributed by atoms with E-state index in [1.165, 1.54) is 0 Å². The van der Waals surface area contributed by atoms with Crippen LogP contribution in [-0.2, 0) is 21.0 Å². The van der Waals surface area contributed by atoms with Gasteiger partial charge in [-0.1, -0.05) is 23.2 Å². The minimum atomic E-state index is -5.04. The SMILES string of the molecule is Cl.NC(CNS(=O)(=O)c1c(Cl)sc(Cl)c1C(F)(F)F)C(=O)O. The molecule has 0 saturated heterocycles. The van der Waals surface area contributed by atoms with Gasteiger partial charge in [0, 0.05) is 6.54 Å². The van der Waals surface area contributed by atoms with E-state index in [4.69, 9.17) is 34.0 Å². The lowest BCUT2D eigenvalue weighted by Gasteiger charge is -2.12. The van der Waals surface area contributed by atoms with Crippen LogP contribution in [0, 0.1) is 0 Å². The summed E-state index contributed by atoms with van der Waals surface area (Å²) in [5, 5.41) is 8.51. The molecule has 0 aromatic carbocycles. The van der Waals surface area contributed by atoms with Gasteiger partial charge < -0.3 is 10.8 Å². The normalized spacial score (nSPS) is 13.5. The number of sulfonamides is 1. The predicted molar refractivity (Wildman–Crippen MR) is 77.4 cm³/mol. The molecule has 6 nitrogen and oxygen atoms in total. The van der Waals surface area contributed by atoms with Crippen LogP contribution in [0.1, 0.15) is 5.56 Å². The number of rotatable bonds is 5. The summed E-state index contributed by atoms with van der Waals surface area (Å²) in [6.45, 7) is -0.807. The fourth-order valence-corrected chi connectivity index (χ4v) is 4.87. The van der Waals surface area contributed by atoms with E-state index in [9.17, 15) is 26.4 Å². The molecule has 0 radical (unpaired) electrons. The van der Waals surface area contributed by atoms with E-state index in [-0.39, 0.29) is 23.7 Å². The van der Waals surface area contributed by atoms with Gasteiger partial charge >= 0.3 is 12.1 Å². The van der Waals surface area contributed by atoms with Gasteiger partial charge in [0.2, 0.25) is 10.0 Å². The average molecular weight is 424 g/mol. The van der Waals surface area contributed by atoms with Crippen LogP contribution < -0.4 is 10.5 Å². The van der Waals surface area contributed by atoms with Crippen molar-refractivity contribution >= 4 is 62.9 Å². The molecule has 1 aromatic heterocycles. The lowest BCUT2D eigenvalue weighted by Crippen LogP contribution is -2.42. The third kappa shape index (κ3) is 4.85. The Hall–Kier alpha value is -0.300. The first-order valence-corrected chi connectivity index (χ1v) is 7.96. The molecule has 1 heterocycles. The lowest BCUT2D eigenvalue weighted by molar-refractivity contribution is -0.140. The number of alkyl halides is 3. The molecule has 0 amide bonds. The fourth-order valence-electron chi connectivity index (χ4n) is 1.20.